The number of ether oxygens (including phenoxy) is 4. The molecule has 0 spiro atoms. The van der Waals surface area contributed by atoms with E-state index in [1.807, 2.05) is 0 Å². The van der Waals surface area contributed by atoms with Crippen molar-refractivity contribution in [3.8, 4) is 0 Å². The Kier molecular flexibility index (Phi) is 7.68. The quantitative estimate of drug-likeness (QED) is 0.223. The number of epoxide rings is 1. The lowest BCUT2D eigenvalue weighted by atomic mass is 9.96. The first kappa shape index (κ1) is 21.7. The van der Waals surface area contributed by atoms with E-state index in [0.29, 0.717) is 23.9 Å². The Hall–Kier alpha value is -1.59. The summed E-state index contributed by atoms with van der Waals surface area (Å²) >= 11 is 0. The second-order valence-corrected chi connectivity index (χ2v) is 8.00. The van der Waals surface area contributed by atoms with E-state index in [-0.39, 0.29) is 24.5 Å². The van der Waals surface area contributed by atoms with Crippen LogP contribution in [0.1, 0.15) is 66.7 Å². The van der Waals surface area contributed by atoms with Crippen LogP contribution in [0.4, 0.5) is 0 Å². The molecule has 2 aliphatic rings. The molecule has 0 aliphatic carbocycles. The lowest BCUT2D eigenvalue weighted by Crippen LogP contribution is -2.13. The summed E-state index contributed by atoms with van der Waals surface area (Å²) in [5.74, 6) is 0.277. The molecule has 0 aromatic rings. The van der Waals surface area contributed by atoms with E-state index in [2.05, 4.69) is 39.8 Å². The van der Waals surface area contributed by atoms with Gasteiger partial charge in [0.1, 0.15) is 0 Å². The molecule has 0 aromatic heterocycles. The van der Waals surface area contributed by atoms with Crippen molar-refractivity contribution in [1.82, 2.24) is 0 Å². The molecule has 152 valence electrons. The van der Waals surface area contributed by atoms with Gasteiger partial charge in [-0.15, -0.1) is 0 Å². The first-order valence-corrected chi connectivity index (χ1v) is 9.77. The lowest BCUT2D eigenvalue weighted by Gasteiger charge is -2.13. The Bertz CT molecular complexity index is 627. The van der Waals surface area contributed by atoms with Crippen molar-refractivity contribution >= 4 is 5.97 Å². The molecule has 2 rings (SSSR count). The first-order chi connectivity index (χ1) is 12.8. The summed E-state index contributed by atoms with van der Waals surface area (Å²) in [7, 11) is 1.56. The van der Waals surface area contributed by atoms with Gasteiger partial charge < -0.3 is 18.9 Å². The molecule has 0 amide bonds. The van der Waals surface area contributed by atoms with Crippen molar-refractivity contribution in [2.24, 2.45) is 0 Å². The molecule has 2 aliphatic heterocycles. The highest BCUT2D eigenvalue weighted by Crippen LogP contribution is 2.43. The van der Waals surface area contributed by atoms with Gasteiger partial charge in [-0.1, -0.05) is 23.3 Å². The maximum absolute atomic E-state index is 11.8. The number of hydrogen-bond donors (Lipinski definition) is 0. The number of esters is 1. The zero-order valence-electron chi connectivity index (χ0n) is 17.6. The molecule has 0 bridgehead atoms. The number of cyclic esters (lactones) is 1. The number of hydrogen-bond acceptors (Lipinski definition) is 5. The molecule has 2 heterocycles. The largest absolute Gasteiger partial charge is 0.467 e. The Morgan fingerprint density at radius 3 is 2.67 bits per heavy atom. The lowest BCUT2D eigenvalue weighted by molar-refractivity contribution is -0.140. The number of allylic oxidation sites excluding steroid dienone is 3. The van der Waals surface area contributed by atoms with Crippen molar-refractivity contribution in [1.29, 1.82) is 0 Å². The average Bonchev–Trinajstić information content (AvgIpc) is 3.17. The summed E-state index contributed by atoms with van der Waals surface area (Å²) in [4.78, 5) is 11.8. The SMILES string of the molecule is COCOC1=C(C)C(=O)OC1C/C=C(\C)CCC1OC1(C)CCC=C(C)C. The van der Waals surface area contributed by atoms with E-state index in [0.717, 1.165) is 25.7 Å². The van der Waals surface area contributed by atoms with Gasteiger partial charge in [0.25, 0.3) is 0 Å². The van der Waals surface area contributed by atoms with Crippen LogP contribution in [0.5, 0.6) is 0 Å². The zero-order valence-corrected chi connectivity index (χ0v) is 17.6. The molecule has 1 saturated heterocycles. The Morgan fingerprint density at radius 1 is 1.26 bits per heavy atom. The van der Waals surface area contributed by atoms with Crippen LogP contribution in [0.2, 0.25) is 0 Å². The number of carbonyl (C=O) groups excluding carboxylic acids is 1. The molecular formula is C22H34O5. The van der Waals surface area contributed by atoms with Gasteiger partial charge in [0.2, 0.25) is 0 Å². The fourth-order valence-corrected chi connectivity index (χ4v) is 3.38. The molecule has 3 atom stereocenters. The van der Waals surface area contributed by atoms with Crippen molar-refractivity contribution in [3.05, 3.63) is 34.6 Å². The van der Waals surface area contributed by atoms with Crippen molar-refractivity contribution in [3.63, 3.8) is 0 Å². The van der Waals surface area contributed by atoms with E-state index in [4.69, 9.17) is 18.9 Å². The smallest absolute Gasteiger partial charge is 0.338 e. The van der Waals surface area contributed by atoms with Gasteiger partial charge in [-0.3, -0.25) is 0 Å². The highest BCUT2D eigenvalue weighted by atomic mass is 16.7. The summed E-state index contributed by atoms with van der Waals surface area (Å²) < 4.78 is 21.8. The summed E-state index contributed by atoms with van der Waals surface area (Å²) in [6.07, 6.45) is 9.19. The number of carbonyl (C=O) groups is 1. The summed E-state index contributed by atoms with van der Waals surface area (Å²) in [6.45, 7) is 10.4. The first-order valence-electron chi connectivity index (χ1n) is 9.77. The van der Waals surface area contributed by atoms with Crippen LogP contribution in [0, 0.1) is 0 Å². The van der Waals surface area contributed by atoms with Crippen LogP contribution in [0.15, 0.2) is 34.6 Å². The molecule has 0 aromatic carbocycles. The van der Waals surface area contributed by atoms with Crippen LogP contribution in [-0.2, 0) is 23.7 Å². The van der Waals surface area contributed by atoms with Crippen LogP contribution < -0.4 is 0 Å². The van der Waals surface area contributed by atoms with Crippen molar-refractivity contribution in [2.45, 2.75) is 84.5 Å². The normalized spacial score (nSPS) is 27.6. The van der Waals surface area contributed by atoms with E-state index < -0.39 is 0 Å². The predicted octanol–water partition coefficient (Wildman–Crippen LogP) is 4.83. The van der Waals surface area contributed by atoms with Gasteiger partial charge in [-0.05, 0) is 60.3 Å². The van der Waals surface area contributed by atoms with E-state index in [1.165, 1.54) is 11.1 Å². The maximum Gasteiger partial charge on any atom is 0.338 e. The summed E-state index contributed by atoms with van der Waals surface area (Å²) in [5, 5.41) is 0. The number of rotatable bonds is 11. The van der Waals surface area contributed by atoms with Gasteiger partial charge >= 0.3 is 5.97 Å². The second-order valence-electron chi connectivity index (χ2n) is 8.00. The van der Waals surface area contributed by atoms with E-state index >= 15 is 0 Å². The van der Waals surface area contributed by atoms with Crippen LogP contribution >= 0.6 is 0 Å². The van der Waals surface area contributed by atoms with E-state index in [1.54, 1.807) is 14.0 Å². The second kappa shape index (κ2) is 9.56. The van der Waals surface area contributed by atoms with Gasteiger partial charge in [0.05, 0.1) is 17.3 Å². The fraction of sp³-hybridized carbons (Fsp3) is 0.682. The Balaban J connectivity index is 1.77. The standard InChI is InChI=1S/C22H34O5/c1-15(2)8-7-13-22(5)19(27-22)12-10-16(3)9-11-18-20(25-14-24-6)17(4)21(23)26-18/h8-9,18-19H,7,10-14H2,1-6H3/b16-9+. The van der Waals surface area contributed by atoms with Crippen LogP contribution in [0.3, 0.4) is 0 Å². The minimum Gasteiger partial charge on any atom is -0.467 e. The molecule has 27 heavy (non-hydrogen) atoms. The highest BCUT2D eigenvalue weighted by Gasteiger charge is 2.50. The fourth-order valence-electron chi connectivity index (χ4n) is 3.38. The van der Waals surface area contributed by atoms with Crippen LogP contribution in [-0.4, -0.2) is 37.7 Å². The third kappa shape index (κ3) is 6.22. The third-order valence-electron chi connectivity index (χ3n) is 5.26. The highest BCUT2D eigenvalue weighted by molar-refractivity contribution is 5.91. The topological polar surface area (TPSA) is 57.3 Å². The van der Waals surface area contributed by atoms with E-state index in [9.17, 15) is 4.79 Å². The molecule has 3 unspecified atom stereocenters. The number of methoxy groups -OCH3 is 1. The van der Waals surface area contributed by atoms with Crippen molar-refractivity contribution in [2.75, 3.05) is 13.9 Å². The van der Waals surface area contributed by atoms with Crippen LogP contribution in [0.25, 0.3) is 0 Å². The minimum atomic E-state index is -0.353. The third-order valence-corrected chi connectivity index (χ3v) is 5.26. The molecule has 1 fully saturated rings. The Labute approximate surface area is 163 Å². The molecule has 0 N–H and O–H groups in total. The average molecular weight is 379 g/mol. The summed E-state index contributed by atoms with van der Waals surface area (Å²) in [5.41, 5.74) is 3.21. The minimum absolute atomic E-state index is 0.0359. The van der Waals surface area contributed by atoms with Gasteiger partial charge in [0.15, 0.2) is 18.7 Å². The van der Waals surface area contributed by atoms with Gasteiger partial charge in [0, 0.05) is 13.5 Å². The molecule has 0 radical (unpaired) electrons. The predicted molar refractivity (Wildman–Crippen MR) is 105 cm³/mol. The zero-order chi connectivity index (χ0) is 20.0. The van der Waals surface area contributed by atoms with Gasteiger partial charge in [-0.2, -0.15) is 0 Å². The molecular weight excluding hydrogens is 344 g/mol. The summed E-state index contributed by atoms with van der Waals surface area (Å²) in [6, 6.07) is 0. The Morgan fingerprint density at radius 2 is 2.00 bits per heavy atom. The van der Waals surface area contributed by atoms with Gasteiger partial charge in [-0.25, -0.2) is 4.79 Å². The molecule has 0 saturated carbocycles. The molecule has 5 nitrogen and oxygen atoms in total. The maximum atomic E-state index is 11.8. The molecule has 5 heteroatoms. The monoisotopic (exact) mass is 378 g/mol. The van der Waals surface area contributed by atoms with Crippen molar-refractivity contribution < 1.29 is 23.7 Å².